The Morgan fingerprint density at radius 2 is 1.77 bits per heavy atom. The molecule has 0 saturated carbocycles. The quantitative estimate of drug-likeness (QED) is 0.701. The molecule has 132 valence electrons. The Labute approximate surface area is 157 Å². The van der Waals surface area contributed by atoms with Crippen LogP contribution in [0.5, 0.6) is 0 Å². The molecule has 1 amide bonds. The van der Waals surface area contributed by atoms with Crippen LogP contribution in [0.2, 0.25) is 5.02 Å². The zero-order valence-electron chi connectivity index (χ0n) is 14.6. The van der Waals surface area contributed by atoms with Gasteiger partial charge in [-0.2, -0.15) is 0 Å². The normalized spacial score (nSPS) is 10.4. The molecular weight excluding hydrogens is 348 g/mol. The molecule has 0 radical (unpaired) electrons. The van der Waals surface area contributed by atoms with Crippen LogP contribution in [0.15, 0.2) is 54.6 Å². The molecular formula is C20H19ClN4O. The molecule has 2 aromatic carbocycles. The zero-order valence-corrected chi connectivity index (χ0v) is 15.3. The molecule has 5 nitrogen and oxygen atoms in total. The molecule has 6 heteroatoms. The minimum Gasteiger partial charge on any atom is -0.347 e. The molecule has 2 N–H and O–H groups in total. The lowest BCUT2D eigenvalue weighted by atomic mass is 10.1. The molecule has 0 bridgehead atoms. The van der Waals surface area contributed by atoms with Crippen molar-refractivity contribution in [2.45, 2.75) is 20.4 Å². The van der Waals surface area contributed by atoms with E-state index >= 15 is 0 Å². The maximum Gasteiger partial charge on any atom is 0.270 e. The molecule has 3 rings (SSSR count). The first kappa shape index (κ1) is 17.9. The van der Waals surface area contributed by atoms with Gasteiger partial charge in [0.2, 0.25) is 0 Å². The van der Waals surface area contributed by atoms with E-state index in [1.807, 2.05) is 49.4 Å². The van der Waals surface area contributed by atoms with Crippen LogP contribution in [-0.2, 0) is 6.54 Å². The minimum absolute atomic E-state index is 0.252. The summed E-state index contributed by atoms with van der Waals surface area (Å²) in [4.78, 5) is 21.0. The van der Waals surface area contributed by atoms with Crippen LogP contribution in [0.1, 0.15) is 27.4 Å². The number of nitrogens with zero attached hydrogens (tertiary/aromatic N) is 2. The number of halogens is 1. The van der Waals surface area contributed by atoms with Crippen molar-refractivity contribution in [1.82, 2.24) is 15.3 Å². The van der Waals surface area contributed by atoms with E-state index in [9.17, 15) is 4.79 Å². The molecule has 0 fully saturated rings. The van der Waals surface area contributed by atoms with Crippen LogP contribution in [0.3, 0.4) is 0 Å². The van der Waals surface area contributed by atoms with E-state index < -0.39 is 0 Å². The van der Waals surface area contributed by atoms with Gasteiger partial charge in [0.15, 0.2) is 0 Å². The van der Waals surface area contributed by atoms with Gasteiger partial charge in [0, 0.05) is 12.6 Å². The summed E-state index contributed by atoms with van der Waals surface area (Å²) >= 11 is 6.16. The maximum atomic E-state index is 12.5. The lowest BCUT2D eigenvalue weighted by Crippen LogP contribution is -2.24. The number of nitrogens with one attached hydrogen (secondary N) is 2. The Morgan fingerprint density at radius 3 is 2.50 bits per heavy atom. The Bertz CT molecular complexity index is 925. The molecule has 3 aromatic rings. The number of para-hydroxylation sites is 1. The number of rotatable bonds is 5. The van der Waals surface area contributed by atoms with Crippen molar-refractivity contribution in [3.63, 3.8) is 0 Å². The van der Waals surface area contributed by atoms with E-state index in [1.54, 1.807) is 19.1 Å². The first-order chi connectivity index (χ1) is 12.5. The largest absolute Gasteiger partial charge is 0.347 e. The highest BCUT2D eigenvalue weighted by Gasteiger charge is 2.11. The minimum atomic E-state index is -0.252. The second-order valence-corrected chi connectivity index (χ2v) is 6.37. The molecule has 0 aliphatic rings. The second kappa shape index (κ2) is 7.97. The predicted molar refractivity (Wildman–Crippen MR) is 104 cm³/mol. The second-order valence-electron chi connectivity index (χ2n) is 5.96. The fourth-order valence-corrected chi connectivity index (χ4v) is 2.61. The predicted octanol–water partition coefficient (Wildman–Crippen LogP) is 4.42. The number of amides is 1. The molecule has 1 aromatic heterocycles. The number of aryl methyl sites for hydroxylation is 2. The first-order valence-corrected chi connectivity index (χ1v) is 8.60. The summed E-state index contributed by atoms with van der Waals surface area (Å²) in [6, 6.07) is 17.0. The Hall–Kier alpha value is -2.92. The third kappa shape index (κ3) is 4.58. The van der Waals surface area contributed by atoms with Crippen molar-refractivity contribution in [2.75, 3.05) is 5.32 Å². The highest BCUT2D eigenvalue weighted by molar-refractivity contribution is 6.33. The van der Waals surface area contributed by atoms with Crippen molar-refractivity contribution < 1.29 is 4.79 Å². The van der Waals surface area contributed by atoms with Gasteiger partial charge in [-0.25, -0.2) is 9.97 Å². The van der Waals surface area contributed by atoms with E-state index in [1.165, 1.54) is 5.56 Å². The third-order valence-electron chi connectivity index (χ3n) is 3.78. The summed E-state index contributed by atoms with van der Waals surface area (Å²) in [7, 11) is 0. The number of benzene rings is 2. The monoisotopic (exact) mass is 366 g/mol. The van der Waals surface area contributed by atoms with Crippen LogP contribution < -0.4 is 10.6 Å². The van der Waals surface area contributed by atoms with Crippen LogP contribution in [0, 0.1) is 13.8 Å². The van der Waals surface area contributed by atoms with Crippen molar-refractivity contribution in [2.24, 2.45) is 0 Å². The summed E-state index contributed by atoms with van der Waals surface area (Å²) in [6.45, 7) is 4.21. The van der Waals surface area contributed by atoms with E-state index in [-0.39, 0.29) is 5.91 Å². The average Bonchev–Trinajstić information content (AvgIpc) is 2.62. The van der Waals surface area contributed by atoms with Gasteiger partial charge in [-0.1, -0.05) is 53.6 Å². The Balaban J connectivity index is 1.73. The zero-order chi connectivity index (χ0) is 18.5. The lowest BCUT2D eigenvalue weighted by molar-refractivity contribution is 0.0945. The molecule has 0 unspecified atom stereocenters. The number of hydrogen-bond acceptors (Lipinski definition) is 4. The van der Waals surface area contributed by atoms with Gasteiger partial charge < -0.3 is 10.6 Å². The highest BCUT2D eigenvalue weighted by atomic mass is 35.5. The molecule has 0 spiro atoms. The summed E-state index contributed by atoms with van der Waals surface area (Å²) in [6.07, 6.45) is 0. The van der Waals surface area contributed by atoms with Crippen LogP contribution in [0.4, 0.5) is 11.5 Å². The highest BCUT2D eigenvalue weighted by Crippen LogP contribution is 2.24. The van der Waals surface area contributed by atoms with Gasteiger partial charge in [-0.05, 0) is 31.5 Å². The van der Waals surface area contributed by atoms with Crippen molar-refractivity contribution in [3.8, 4) is 0 Å². The molecule has 0 aliphatic heterocycles. The lowest BCUT2D eigenvalue weighted by Gasteiger charge is -2.10. The number of carbonyl (C=O) groups excluding carboxylic acids is 1. The number of aromatic nitrogens is 2. The summed E-state index contributed by atoms with van der Waals surface area (Å²) in [5.41, 5.74) is 3.24. The van der Waals surface area contributed by atoms with Crippen molar-refractivity contribution >= 4 is 29.0 Å². The fourth-order valence-electron chi connectivity index (χ4n) is 2.43. The van der Waals surface area contributed by atoms with E-state index in [0.29, 0.717) is 28.9 Å². The van der Waals surface area contributed by atoms with Crippen LogP contribution in [-0.4, -0.2) is 15.9 Å². The van der Waals surface area contributed by atoms with Crippen LogP contribution in [0.25, 0.3) is 0 Å². The molecule has 0 saturated heterocycles. The van der Waals surface area contributed by atoms with E-state index in [2.05, 4.69) is 20.6 Å². The number of anilines is 2. The maximum absolute atomic E-state index is 12.5. The third-order valence-corrected chi connectivity index (χ3v) is 4.11. The van der Waals surface area contributed by atoms with Gasteiger partial charge >= 0.3 is 0 Å². The molecule has 0 atom stereocenters. The van der Waals surface area contributed by atoms with Crippen LogP contribution >= 0.6 is 11.6 Å². The van der Waals surface area contributed by atoms with E-state index in [4.69, 9.17) is 11.6 Å². The van der Waals surface area contributed by atoms with Crippen molar-refractivity contribution in [3.05, 3.63) is 82.3 Å². The summed E-state index contributed by atoms with van der Waals surface area (Å²) in [5, 5.41) is 6.58. The Morgan fingerprint density at radius 1 is 1.04 bits per heavy atom. The molecule has 26 heavy (non-hydrogen) atoms. The smallest absolute Gasteiger partial charge is 0.270 e. The summed E-state index contributed by atoms with van der Waals surface area (Å²) in [5.74, 6) is 0.770. The molecule has 1 heterocycles. The van der Waals surface area contributed by atoms with Crippen molar-refractivity contribution in [1.29, 1.82) is 0 Å². The van der Waals surface area contributed by atoms with Gasteiger partial charge in [-0.15, -0.1) is 0 Å². The van der Waals surface area contributed by atoms with E-state index in [0.717, 1.165) is 11.3 Å². The SMILES string of the molecule is Cc1ccc(CNC(=O)c2cc(Nc3ccccc3Cl)nc(C)n2)cc1. The number of hydrogen-bond donors (Lipinski definition) is 2. The topological polar surface area (TPSA) is 66.9 Å². The standard InChI is InChI=1S/C20H19ClN4O/c1-13-7-9-15(10-8-13)12-22-20(26)18-11-19(24-14(2)23-18)25-17-6-4-3-5-16(17)21/h3-11H,12H2,1-2H3,(H,22,26)(H,23,24,25). The fraction of sp³-hybridized carbons (Fsp3) is 0.150. The van der Waals surface area contributed by atoms with Gasteiger partial charge in [0.1, 0.15) is 17.3 Å². The Kier molecular flexibility index (Phi) is 5.49. The number of carbonyl (C=O) groups is 1. The first-order valence-electron chi connectivity index (χ1n) is 8.22. The molecule has 0 aliphatic carbocycles. The van der Waals surface area contributed by atoms with Gasteiger partial charge in [0.25, 0.3) is 5.91 Å². The van der Waals surface area contributed by atoms with Gasteiger partial charge in [-0.3, -0.25) is 4.79 Å². The van der Waals surface area contributed by atoms with Gasteiger partial charge in [0.05, 0.1) is 10.7 Å². The summed E-state index contributed by atoms with van der Waals surface area (Å²) < 4.78 is 0. The average molecular weight is 367 g/mol.